The quantitative estimate of drug-likeness (QED) is 0.697. The van der Waals surface area contributed by atoms with Crippen LogP contribution in [0.3, 0.4) is 0 Å². The van der Waals surface area contributed by atoms with Crippen LogP contribution in [0.25, 0.3) is 0 Å². The van der Waals surface area contributed by atoms with E-state index in [1.165, 1.54) is 0 Å². The van der Waals surface area contributed by atoms with Crippen molar-refractivity contribution in [1.29, 1.82) is 0 Å². The van der Waals surface area contributed by atoms with Gasteiger partial charge in [0.1, 0.15) is 5.75 Å². The van der Waals surface area contributed by atoms with Crippen molar-refractivity contribution >= 4 is 5.91 Å². The van der Waals surface area contributed by atoms with Crippen LogP contribution in [0.2, 0.25) is 0 Å². The molecule has 0 saturated heterocycles. The molecule has 0 aliphatic rings. The molecular weight excluding hydrogens is 246 g/mol. The summed E-state index contributed by atoms with van der Waals surface area (Å²) in [6, 6.07) is 3.60. The lowest BCUT2D eigenvalue weighted by Crippen LogP contribution is -2.38. The molecule has 0 saturated carbocycles. The summed E-state index contributed by atoms with van der Waals surface area (Å²) in [5.41, 5.74) is 7.13. The SMILES string of the molecule is COCCNC(=O)C(C)Oc1ccc(C)nc1CN. The van der Waals surface area contributed by atoms with Crippen molar-refractivity contribution in [1.82, 2.24) is 10.3 Å². The van der Waals surface area contributed by atoms with E-state index in [1.807, 2.05) is 13.0 Å². The predicted molar refractivity (Wildman–Crippen MR) is 71.8 cm³/mol. The molecule has 0 bridgehead atoms. The van der Waals surface area contributed by atoms with Crippen molar-refractivity contribution in [3.63, 3.8) is 0 Å². The number of nitrogens with one attached hydrogen (secondary N) is 1. The Morgan fingerprint density at radius 3 is 2.89 bits per heavy atom. The molecular formula is C13H21N3O3. The Balaban J connectivity index is 2.60. The van der Waals surface area contributed by atoms with Crippen LogP contribution in [0.5, 0.6) is 5.75 Å². The number of hydrogen-bond acceptors (Lipinski definition) is 5. The first-order chi connectivity index (χ1) is 9.08. The van der Waals surface area contributed by atoms with Gasteiger partial charge < -0.3 is 20.5 Å². The molecule has 0 aliphatic carbocycles. The molecule has 106 valence electrons. The normalized spacial score (nSPS) is 12.0. The minimum Gasteiger partial charge on any atom is -0.479 e. The van der Waals surface area contributed by atoms with E-state index in [4.69, 9.17) is 15.2 Å². The second-order valence-electron chi connectivity index (χ2n) is 4.15. The highest BCUT2D eigenvalue weighted by atomic mass is 16.5. The molecule has 1 aromatic heterocycles. The van der Waals surface area contributed by atoms with E-state index < -0.39 is 6.10 Å². The topological polar surface area (TPSA) is 86.5 Å². The lowest BCUT2D eigenvalue weighted by molar-refractivity contribution is -0.127. The fourth-order valence-electron chi connectivity index (χ4n) is 1.52. The Morgan fingerprint density at radius 1 is 1.53 bits per heavy atom. The second-order valence-corrected chi connectivity index (χ2v) is 4.15. The summed E-state index contributed by atoms with van der Waals surface area (Å²) >= 11 is 0. The third-order valence-corrected chi connectivity index (χ3v) is 2.54. The highest BCUT2D eigenvalue weighted by Crippen LogP contribution is 2.17. The van der Waals surface area contributed by atoms with Gasteiger partial charge in [-0.3, -0.25) is 9.78 Å². The average molecular weight is 267 g/mol. The van der Waals surface area contributed by atoms with Crippen LogP contribution in [-0.4, -0.2) is 37.3 Å². The number of nitrogens with two attached hydrogens (primary N) is 1. The Hall–Kier alpha value is -1.66. The van der Waals surface area contributed by atoms with Gasteiger partial charge in [-0.2, -0.15) is 0 Å². The van der Waals surface area contributed by atoms with Crippen molar-refractivity contribution in [2.24, 2.45) is 5.73 Å². The number of methoxy groups -OCH3 is 1. The zero-order valence-electron chi connectivity index (χ0n) is 11.6. The fourth-order valence-corrected chi connectivity index (χ4v) is 1.52. The number of ether oxygens (including phenoxy) is 2. The molecule has 1 amide bonds. The van der Waals surface area contributed by atoms with Gasteiger partial charge in [0.05, 0.1) is 12.3 Å². The van der Waals surface area contributed by atoms with Crippen LogP contribution < -0.4 is 15.8 Å². The first kappa shape index (κ1) is 15.4. The van der Waals surface area contributed by atoms with E-state index in [1.54, 1.807) is 20.1 Å². The maximum absolute atomic E-state index is 11.7. The summed E-state index contributed by atoms with van der Waals surface area (Å²) in [4.78, 5) is 16.0. The summed E-state index contributed by atoms with van der Waals surface area (Å²) in [6.07, 6.45) is -0.605. The molecule has 0 radical (unpaired) electrons. The number of aryl methyl sites for hydroxylation is 1. The van der Waals surface area contributed by atoms with E-state index in [0.717, 1.165) is 5.69 Å². The highest BCUT2D eigenvalue weighted by molar-refractivity contribution is 5.80. The number of amides is 1. The van der Waals surface area contributed by atoms with Gasteiger partial charge in [0, 0.05) is 25.9 Å². The van der Waals surface area contributed by atoms with E-state index in [-0.39, 0.29) is 12.5 Å². The Morgan fingerprint density at radius 2 is 2.26 bits per heavy atom. The number of nitrogens with zero attached hydrogens (tertiary/aromatic N) is 1. The summed E-state index contributed by atoms with van der Waals surface area (Å²) in [5.74, 6) is 0.350. The molecule has 1 heterocycles. The van der Waals surface area contributed by atoms with Crippen LogP contribution in [0.15, 0.2) is 12.1 Å². The van der Waals surface area contributed by atoms with Gasteiger partial charge in [-0.1, -0.05) is 0 Å². The molecule has 1 atom stereocenters. The van der Waals surface area contributed by atoms with Gasteiger partial charge >= 0.3 is 0 Å². The predicted octanol–water partition coefficient (Wildman–Crippen LogP) is 0.379. The minimum atomic E-state index is -0.605. The molecule has 1 aromatic rings. The minimum absolute atomic E-state index is 0.194. The van der Waals surface area contributed by atoms with E-state index in [2.05, 4.69) is 10.3 Å². The van der Waals surface area contributed by atoms with Crippen molar-refractivity contribution in [3.05, 3.63) is 23.5 Å². The highest BCUT2D eigenvalue weighted by Gasteiger charge is 2.16. The van der Waals surface area contributed by atoms with Crippen LogP contribution in [-0.2, 0) is 16.1 Å². The van der Waals surface area contributed by atoms with Crippen molar-refractivity contribution in [2.45, 2.75) is 26.5 Å². The molecule has 6 heteroatoms. The van der Waals surface area contributed by atoms with Gasteiger partial charge in [0.15, 0.2) is 6.10 Å². The lowest BCUT2D eigenvalue weighted by atomic mass is 10.2. The Bertz CT molecular complexity index is 424. The third-order valence-electron chi connectivity index (χ3n) is 2.54. The molecule has 0 fully saturated rings. The van der Waals surface area contributed by atoms with Gasteiger partial charge in [0.2, 0.25) is 0 Å². The van der Waals surface area contributed by atoms with Gasteiger partial charge in [-0.05, 0) is 26.0 Å². The largest absolute Gasteiger partial charge is 0.479 e. The van der Waals surface area contributed by atoms with E-state index in [9.17, 15) is 4.79 Å². The van der Waals surface area contributed by atoms with Crippen LogP contribution in [0.1, 0.15) is 18.3 Å². The summed E-state index contributed by atoms with van der Waals surface area (Å²) in [5, 5.41) is 2.71. The summed E-state index contributed by atoms with van der Waals surface area (Å²) in [7, 11) is 1.58. The average Bonchev–Trinajstić information content (AvgIpc) is 2.40. The van der Waals surface area contributed by atoms with Crippen LogP contribution >= 0.6 is 0 Å². The zero-order chi connectivity index (χ0) is 14.3. The van der Waals surface area contributed by atoms with Gasteiger partial charge in [0.25, 0.3) is 5.91 Å². The summed E-state index contributed by atoms with van der Waals surface area (Å²) < 4.78 is 10.4. The number of pyridine rings is 1. The lowest BCUT2D eigenvalue weighted by Gasteiger charge is -2.16. The second kappa shape index (κ2) is 7.70. The number of rotatable bonds is 7. The molecule has 6 nitrogen and oxygen atoms in total. The maximum atomic E-state index is 11.7. The molecule has 3 N–H and O–H groups in total. The van der Waals surface area contributed by atoms with Crippen molar-refractivity contribution < 1.29 is 14.3 Å². The zero-order valence-corrected chi connectivity index (χ0v) is 11.6. The molecule has 1 unspecified atom stereocenters. The Kier molecular flexibility index (Phi) is 6.24. The van der Waals surface area contributed by atoms with Crippen LogP contribution in [0, 0.1) is 6.92 Å². The maximum Gasteiger partial charge on any atom is 0.260 e. The smallest absolute Gasteiger partial charge is 0.260 e. The molecule has 0 aromatic carbocycles. The standard InChI is InChI=1S/C13H21N3O3/c1-9-4-5-12(11(8-14)16-9)19-10(2)13(17)15-6-7-18-3/h4-5,10H,6-8,14H2,1-3H3,(H,15,17). The number of carbonyl (C=O) groups excluding carboxylic acids is 1. The first-order valence-corrected chi connectivity index (χ1v) is 6.18. The number of carbonyl (C=O) groups is 1. The van der Waals surface area contributed by atoms with E-state index >= 15 is 0 Å². The third kappa shape index (κ3) is 4.84. The van der Waals surface area contributed by atoms with Gasteiger partial charge in [-0.15, -0.1) is 0 Å². The monoisotopic (exact) mass is 267 g/mol. The van der Waals surface area contributed by atoms with Crippen LogP contribution in [0.4, 0.5) is 0 Å². The first-order valence-electron chi connectivity index (χ1n) is 6.18. The van der Waals surface area contributed by atoms with E-state index in [0.29, 0.717) is 24.6 Å². The number of hydrogen-bond donors (Lipinski definition) is 2. The Labute approximate surface area is 113 Å². The fraction of sp³-hybridized carbons (Fsp3) is 0.538. The molecule has 19 heavy (non-hydrogen) atoms. The van der Waals surface area contributed by atoms with Gasteiger partial charge in [-0.25, -0.2) is 0 Å². The molecule has 0 aliphatic heterocycles. The molecule has 1 rings (SSSR count). The van der Waals surface area contributed by atoms with Crippen molar-refractivity contribution in [3.8, 4) is 5.75 Å². The summed E-state index contributed by atoms with van der Waals surface area (Å²) in [6.45, 7) is 4.76. The molecule has 0 spiro atoms. The van der Waals surface area contributed by atoms with Crippen molar-refractivity contribution in [2.75, 3.05) is 20.3 Å². The number of aromatic nitrogens is 1.